The summed E-state index contributed by atoms with van der Waals surface area (Å²) in [5, 5.41) is 4.21. The number of aryl methyl sites for hydroxylation is 1. The van der Waals surface area contributed by atoms with Crippen LogP contribution < -0.4 is 5.32 Å². The van der Waals surface area contributed by atoms with Crippen LogP contribution in [0.5, 0.6) is 0 Å². The number of rotatable bonds is 6. The number of benzene rings is 1. The second kappa shape index (κ2) is 6.41. The Morgan fingerprint density at radius 2 is 2.16 bits per heavy atom. The minimum atomic E-state index is 0.144. The van der Waals surface area contributed by atoms with Crippen LogP contribution in [0.15, 0.2) is 30.5 Å². The van der Waals surface area contributed by atoms with Gasteiger partial charge in [0.1, 0.15) is 0 Å². The normalized spacial score (nSPS) is 12.5. The molecule has 3 nitrogen and oxygen atoms in total. The predicted molar refractivity (Wildman–Crippen MR) is 79.1 cm³/mol. The Labute approximate surface area is 114 Å². The van der Waals surface area contributed by atoms with E-state index in [4.69, 9.17) is 0 Å². The lowest BCUT2D eigenvalue weighted by Crippen LogP contribution is -2.28. The largest absolute Gasteiger partial charge is 0.361 e. The minimum absolute atomic E-state index is 0.144. The summed E-state index contributed by atoms with van der Waals surface area (Å²) in [5.41, 5.74) is 2.35. The lowest BCUT2D eigenvalue weighted by molar-refractivity contribution is -0.121. The number of aromatic nitrogens is 1. The van der Waals surface area contributed by atoms with Crippen LogP contribution >= 0.6 is 0 Å². The summed E-state index contributed by atoms with van der Waals surface area (Å²) in [5.74, 6) is 0.697. The molecule has 3 heteroatoms. The smallest absolute Gasteiger partial charge is 0.220 e. The number of hydrogen-bond donors (Lipinski definition) is 2. The SMILES string of the molecule is CCC(C)CNC(=O)CCc1c[nH]c2ccccc12. The van der Waals surface area contributed by atoms with Crippen molar-refractivity contribution in [2.24, 2.45) is 5.92 Å². The molecule has 0 saturated heterocycles. The molecule has 0 spiro atoms. The minimum Gasteiger partial charge on any atom is -0.361 e. The molecule has 102 valence electrons. The molecule has 0 fully saturated rings. The highest BCUT2D eigenvalue weighted by atomic mass is 16.1. The maximum absolute atomic E-state index is 11.8. The van der Waals surface area contributed by atoms with Crippen LogP contribution in [-0.4, -0.2) is 17.4 Å². The topological polar surface area (TPSA) is 44.9 Å². The van der Waals surface area contributed by atoms with Crippen molar-refractivity contribution >= 4 is 16.8 Å². The number of nitrogens with one attached hydrogen (secondary N) is 2. The number of H-pyrrole nitrogens is 1. The van der Waals surface area contributed by atoms with E-state index in [1.807, 2.05) is 18.3 Å². The summed E-state index contributed by atoms with van der Waals surface area (Å²) in [6.07, 6.45) is 4.45. The average Bonchev–Trinajstić information content (AvgIpc) is 2.85. The zero-order valence-corrected chi connectivity index (χ0v) is 11.7. The van der Waals surface area contributed by atoms with Crippen LogP contribution in [0, 0.1) is 5.92 Å². The highest BCUT2D eigenvalue weighted by Crippen LogP contribution is 2.18. The van der Waals surface area contributed by atoms with Gasteiger partial charge in [0.2, 0.25) is 5.91 Å². The molecule has 0 saturated carbocycles. The first-order chi connectivity index (χ1) is 9.20. The van der Waals surface area contributed by atoms with E-state index < -0.39 is 0 Å². The summed E-state index contributed by atoms with van der Waals surface area (Å²) in [6, 6.07) is 8.20. The third kappa shape index (κ3) is 3.60. The van der Waals surface area contributed by atoms with E-state index in [1.165, 1.54) is 10.9 Å². The number of para-hydroxylation sites is 1. The van der Waals surface area contributed by atoms with Gasteiger partial charge in [0, 0.05) is 30.1 Å². The Morgan fingerprint density at radius 1 is 1.37 bits per heavy atom. The third-order valence-corrected chi connectivity index (χ3v) is 3.64. The number of aromatic amines is 1. The van der Waals surface area contributed by atoms with Crippen molar-refractivity contribution in [3.8, 4) is 0 Å². The zero-order chi connectivity index (χ0) is 13.7. The molecule has 1 amide bonds. The molecular formula is C16H22N2O. The summed E-state index contributed by atoms with van der Waals surface area (Å²) in [6.45, 7) is 5.08. The van der Waals surface area contributed by atoms with Gasteiger partial charge in [-0.1, -0.05) is 38.5 Å². The highest BCUT2D eigenvalue weighted by molar-refractivity contribution is 5.84. The van der Waals surface area contributed by atoms with E-state index in [-0.39, 0.29) is 5.91 Å². The number of carbonyl (C=O) groups excluding carboxylic acids is 1. The van der Waals surface area contributed by atoms with E-state index in [2.05, 4.69) is 36.3 Å². The van der Waals surface area contributed by atoms with Crippen molar-refractivity contribution < 1.29 is 4.79 Å². The van der Waals surface area contributed by atoms with Crippen molar-refractivity contribution in [3.63, 3.8) is 0 Å². The molecule has 1 atom stereocenters. The first kappa shape index (κ1) is 13.7. The fraction of sp³-hybridized carbons (Fsp3) is 0.438. The molecule has 0 aliphatic carbocycles. The van der Waals surface area contributed by atoms with Crippen molar-refractivity contribution in [3.05, 3.63) is 36.0 Å². The van der Waals surface area contributed by atoms with Crippen LogP contribution in [0.3, 0.4) is 0 Å². The molecule has 0 radical (unpaired) electrons. The summed E-state index contributed by atoms with van der Waals surface area (Å²) in [4.78, 5) is 15.0. The van der Waals surface area contributed by atoms with E-state index in [0.717, 1.165) is 24.9 Å². The van der Waals surface area contributed by atoms with Gasteiger partial charge in [-0.3, -0.25) is 4.79 Å². The Morgan fingerprint density at radius 3 is 2.95 bits per heavy atom. The van der Waals surface area contributed by atoms with Gasteiger partial charge in [-0.25, -0.2) is 0 Å². The molecule has 1 heterocycles. The molecule has 1 aromatic carbocycles. The van der Waals surface area contributed by atoms with Gasteiger partial charge < -0.3 is 10.3 Å². The van der Waals surface area contributed by atoms with Crippen LogP contribution in [0.4, 0.5) is 0 Å². The van der Waals surface area contributed by atoms with Gasteiger partial charge in [0.25, 0.3) is 0 Å². The molecule has 1 aromatic heterocycles. The lowest BCUT2D eigenvalue weighted by Gasteiger charge is -2.09. The highest BCUT2D eigenvalue weighted by Gasteiger charge is 2.07. The Hall–Kier alpha value is -1.77. The Bertz CT molecular complexity index is 544. The first-order valence-corrected chi connectivity index (χ1v) is 7.02. The number of carbonyl (C=O) groups is 1. The van der Waals surface area contributed by atoms with Crippen molar-refractivity contribution in [2.75, 3.05) is 6.54 Å². The van der Waals surface area contributed by atoms with Crippen LogP contribution in [0.1, 0.15) is 32.3 Å². The second-order valence-electron chi connectivity index (χ2n) is 5.18. The van der Waals surface area contributed by atoms with Crippen molar-refractivity contribution in [1.82, 2.24) is 10.3 Å². The van der Waals surface area contributed by atoms with Crippen LogP contribution in [0.2, 0.25) is 0 Å². The molecule has 2 N–H and O–H groups in total. The lowest BCUT2D eigenvalue weighted by atomic mass is 10.1. The maximum atomic E-state index is 11.8. The van der Waals surface area contributed by atoms with E-state index in [0.29, 0.717) is 12.3 Å². The first-order valence-electron chi connectivity index (χ1n) is 7.02. The fourth-order valence-electron chi connectivity index (χ4n) is 2.11. The molecule has 0 bridgehead atoms. The number of amides is 1. The molecule has 2 rings (SSSR count). The average molecular weight is 258 g/mol. The van der Waals surface area contributed by atoms with Crippen molar-refractivity contribution in [2.45, 2.75) is 33.1 Å². The molecule has 0 aliphatic heterocycles. The van der Waals surface area contributed by atoms with Gasteiger partial charge >= 0.3 is 0 Å². The monoisotopic (exact) mass is 258 g/mol. The molecule has 1 unspecified atom stereocenters. The molecule has 2 aromatic rings. The number of fused-ring (bicyclic) bond motifs is 1. The Kier molecular flexibility index (Phi) is 4.61. The van der Waals surface area contributed by atoms with Gasteiger partial charge in [-0.15, -0.1) is 0 Å². The van der Waals surface area contributed by atoms with E-state index in [9.17, 15) is 4.79 Å². The summed E-state index contributed by atoms with van der Waals surface area (Å²) >= 11 is 0. The molecule has 19 heavy (non-hydrogen) atoms. The van der Waals surface area contributed by atoms with Gasteiger partial charge in [0.15, 0.2) is 0 Å². The summed E-state index contributed by atoms with van der Waals surface area (Å²) < 4.78 is 0. The van der Waals surface area contributed by atoms with Crippen LogP contribution in [0.25, 0.3) is 10.9 Å². The van der Waals surface area contributed by atoms with E-state index >= 15 is 0 Å². The van der Waals surface area contributed by atoms with Gasteiger partial charge in [-0.05, 0) is 24.0 Å². The third-order valence-electron chi connectivity index (χ3n) is 3.64. The maximum Gasteiger partial charge on any atom is 0.220 e. The van der Waals surface area contributed by atoms with Crippen LogP contribution in [-0.2, 0) is 11.2 Å². The standard InChI is InChI=1S/C16H22N2O/c1-3-12(2)10-18-16(19)9-8-13-11-17-15-7-5-4-6-14(13)15/h4-7,11-12,17H,3,8-10H2,1-2H3,(H,18,19). The quantitative estimate of drug-likeness (QED) is 0.820. The fourth-order valence-corrected chi connectivity index (χ4v) is 2.11. The molecule has 0 aliphatic rings. The van der Waals surface area contributed by atoms with Crippen molar-refractivity contribution in [1.29, 1.82) is 0 Å². The number of hydrogen-bond acceptors (Lipinski definition) is 1. The van der Waals surface area contributed by atoms with E-state index in [1.54, 1.807) is 0 Å². The second-order valence-corrected chi connectivity index (χ2v) is 5.18. The zero-order valence-electron chi connectivity index (χ0n) is 11.7. The molecular weight excluding hydrogens is 236 g/mol. The predicted octanol–water partition coefficient (Wildman–Crippen LogP) is 3.26. The summed E-state index contributed by atoms with van der Waals surface area (Å²) in [7, 11) is 0. The van der Waals surface area contributed by atoms with Gasteiger partial charge in [0.05, 0.1) is 0 Å². The van der Waals surface area contributed by atoms with Gasteiger partial charge in [-0.2, -0.15) is 0 Å². The Balaban J connectivity index is 1.87.